The van der Waals surface area contributed by atoms with Gasteiger partial charge in [-0.2, -0.15) is 9.97 Å². The highest BCUT2D eigenvalue weighted by atomic mass is 15.2. The third-order valence-corrected chi connectivity index (χ3v) is 1.28. The summed E-state index contributed by atoms with van der Waals surface area (Å²) < 4.78 is 0. The third kappa shape index (κ3) is 2.45. The molecule has 0 fully saturated rings. The Hall–Kier alpha value is -1.19. The summed E-state index contributed by atoms with van der Waals surface area (Å²) in [5, 5.41) is 3.12. The van der Waals surface area contributed by atoms with Crippen LogP contribution in [0.2, 0.25) is 0 Å². The van der Waals surface area contributed by atoms with Gasteiger partial charge in [0, 0.05) is 6.04 Å². The molecule has 0 radical (unpaired) electrons. The van der Waals surface area contributed by atoms with Gasteiger partial charge in [-0.1, -0.05) is 0 Å². The minimum atomic E-state index is 0.353. The maximum absolute atomic E-state index is 4.14. The van der Waals surface area contributed by atoms with Crippen molar-refractivity contribution in [3.8, 4) is 0 Å². The fourth-order valence-electron chi connectivity index (χ4n) is 0.938. The first kappa shape index (κ1) is 8.90. The molecule has 0 unspecified atom stereocenters. The number of nitrogens with zero attached hydrogens (tertiary/aromatic N) is 3. The molecule has 0 aliphatic carbocycles. The molecular weight excluding hydrogens is 152 g/mol. The van der Waals surface area contributed by atoms with Crippen molar-refractivity contribution in [1.82, 2.24) is 15.0 Å². The predicted octanol–water partition coefficient (Wildman–Crippen LogP) is 1.31. The Labute approximate surface area is 72.5 Å². The number of hydrogen-bond acceptors (Lipinski definition) is 4. The van der Waals surface area contributed by atoms with Crippen LogP contribution in [0.1, 0.15) is 25.5 Å². The zero-order valence-corrected chi connectivity index (χ0v) is 7.92. The van der Waals surface area contributed by atoms with Crippen LogP contribution in [0.15, 0.2) is 0 Å². The molecular formula is C8H14N4. The molecule has 0 aromatic carbocycles. The number of rotatable bonds is 2. The van der Waals surface area contributed by atoms with Gasteiger partial charge in [0.25, 0.3) is 0 Å². The number of aromatic nitrogens is 3. The van der Waals surface area contributed by atoms with E-state index in [1.165, 1.54) is 0 Å². The topological polar surface area (TPSA) is 50.7 Å². The first-order valence-electron chi connectivity index (χ1n) is 4.04. The molecule has 0 atom stereocenters. The minimum absolute atomic E-state index is 0.353. The molecule has 0 bridgehead atoms. The highest BCUT2D eigenvalue weighted by molar-refractivity contribution is 5.24. The molecule has 0 saturated heterocycles. The van der Waals surface area contributed by atoms with Crippen LogP contribution < -0.4 is 5.32 Å². The summed E-state index contributed by atoms with van der Waals surface area (Å²) in [5.41, 5.74) is 0. The SMILES string of the molecule is Cc1nc(C)nc(NC(C)C)n1. The Bertz CT molecular complexity index is 250. The van der Waals surface area contributed by atoms with Gasteiger partial charge >= 0.3 is 0 Å². The van der Waals surface area contributed by atoms with Gasteiger partial charge in [0.1, 0.15) is 11.6 Å². The molecule has 66 valence electrons. The maximum Gasteiger partial charge on any atom is 0.226 e. The van der Waals surface area contributed by atoms with E-state index in [0.29, 0.717) is 12.0 Å². The van der Waals surface area contributed by atoms with Crippen molar-refractivity contribution < 1.29 is 0 Å². The van der Waals surface area contributed by atoms with Crippen LogP contribution >= 0.6 is 0 Å². The molecule has 1 aromatic heterocycles. The Kier molecular flexibility index (Phi) is 2.58. The second-order valence-corrected chi connectivity index (χ2v) is 3.05. The fraction of sp³-hybridized carbons (Fsp3) is 0.625. The van der Waals surface area contributed by atoms with Crippen LogP contribution in [-0.2, 0) is 0 Å². The van der Waals surface area contributed by atoms with E-state index < -0.39 is 0 Å². The Morgan fingerprint density at radius 2 is 1.50 bits per heavy atom. The molecule has 0 amide bonds. The largest absolute Gasteiger partial charge is 0.352 e. The van der Waals surface area contributed by atoms with Crippen molar-refractivity contribution in [2.24, 2.45) is 0 Å². The molecule has 1 heterocycles. The van der Waals surface area contributed by atoms with Gasteiger partial charge in [-0.05, 0) is 27.7 Å². The molecule has 4 heteroatoms. The highest BCUT2D eigenvalue weighted by Crippen LogP contribution is 2.00. The molecule has 1 aromatic rings. The van der Waals surface area contributed by atoms with Crippen LogP contribution in [0, 0.1) is 13.8 Å². The molecule has 0 aliphatic rings. The summed E-state index contributed by atoms with van der Waals surface area (Å²) in [6.07, 6.45) is 0. The van der Waals surface area contributed by atoms with Crippen molar-refractivity contribution in [1.29, 1.82) is 0 Å². The summed E-state index contributed by atoms with van der Waals surface area (Å²) in [7, 11) is 0. The maximum atomic E-state index is 4.14. The van der Waals surface area contributed by atoms with Crippen LogP contribution in [0.4, 0.5) is 5.95 Å². The smallest absolute Gasteiger partial charge is 0.226 e. The summed E-state index contributed by atoms with van der Waals surface area (Å²) >= 11 is 0. The van der Waals surface area contributed by atoms with Gasteiger partial charge in [-0.15, -0.1) is 0 Å². The lowest BCUT2D eigenvalue weighted by Gasteiger charge is -2.08. The normalized spacial score (nSPS) is 10.4. The van der Waals surface area contributed by atoms with Crippen molar-refractivity contribution in [2.75, 3.05) is 5.32 Å². The lowest BCUT2D eigenvalue weighted by atomic mass is 10.4. The highest BCUT2D eigenvalue weighted by Gasteiger charge is 2.00. The second-order valence-electron chi connectivity index (χ2n) is 3.05. The van der Waals surface area contributed by atoms with Crippen molar-refractivity contribution >= 4 is 5.95 Å². The lowest BCUT2D eigenvalue weighted by Crippen LogP contribution is -2.14. The molecule has 0 aliphatic heterocycles. The molecule has 0 spiro atoms. The van der Waals surface area contributed by atoms with Crippen LogP contribution in [0.5, 0.6) is 0 Å². The first-order chi connectivity index (χ1) is 5.58. The van der Waals surface area contributed by atoms with Gasteiger partial charge in [0.15, 0.2) is 0 Å². The molecule has 12 heavy (non-hydrogen) atoms. The van der Waals surface area contributed by atoms with Crippen molar-refractivity contribution in [3.05, 3.63) is 11.6 Å². The monoisotopic (exact) mass is 166 g/mol. The second kappa shape index (κ2) is 3.47. The van der Waals surface area contributed by atoms with Crippen molar-refractivity contribution in [2.45, 2.75) is 33.7 Å². The number of hydrogen-bond donors (Lipinski definition) is 1. The van der Waals surface area contributed by atoms with Gasteiger partial charge in [-0.25, -0.2) is 4.98 Å². The molecule has 0 saturated carbocycles. The van der Waals surface area contributed by atoms with E-state index in [-0.39, 0.29) is 0 Å². The average Bonchev–Trinajstić information content (AvgIpc) is 1.81. The summed E-state index contributed by atoms with van der Waals surface area (Å²) in [6, 6.07) is 0.353. The van der Waals surface area contributed by atoms with E-state index in [0.717, 1.165) is 11.6 Å². The lowest BCUT2D eigenvalue weighted by molar-refractivity contribution is 0.843. The van der Waals surface area contributed by atoms with Gasteiger partial charge in [-0.3, -0.25) is 0 Å². The Balaban J connectivity index is 2.85. The zero-order chi connectivity index (χ0) is 9.14. The van der Waals surface area contributed by atoms with Crippen molar-refractivity contribution in [3.63, 3.8) is 0 Å². The van der Waals surface area contributed by atoms with E-state index in [9.17, 15) is 0 Å². The van der Waals surface area contributed by atoms with E-state index in [1.54, 1.807) is 0 Å². The summed E-state index contributed by atoms with van der Waals surface area (Å²) in [5.74, 6) is 2.17. The number of aryl methyl sites for hydroxylation is 2. The van der Waals surface area contributed by atoms with Gasteiger partial charge in [0.2, 0.25) is 5.95 Å². The molecule has 1 rings (SSSR count). The van der Waals surface area contributed by atoms with Crippen LogP contribution in [0.25, 0.3) is 0 Å². The Morgan fingerprint density at radius 1 is 1.00 bits per heavy atom. The van der Waals surface area contributed by atoms with E-state index in [4.69, 9.17) is 0 Å². The quantitative estimate of drug-likeness (QED) is 0.719. The predicted molar refractivity (Wildman–Crippen MR) is 48.1 cm³/mol. The summed E-state index contributed by atoms with van der Waals surface area (Å²) in [6.45, 7) is 7.82. The van der Waals surface area contributed by atoms with E-state index >= 15 is 0 Å². The van der Waals surface area contributed by atoms with Gasteiger partial charge in [0.05, 0.1) is 0 Å². The zero-order valence-electron chi connectivity index (χ0n) is 7.92. The van der Waals surface area contributed by atoms with E-state index in [2.05, 4.69) is 34.1 Å². The Morgan fingerprint density at radius 3 is 1.92 bits per heavy atom. The number of anilines is 1. The fourth-order valence-corrected chi connectivity index (χ4v) is 0.938. The first-order valence-corrected chi connectivity index (χ1v) is 4.04. The molecule has 4 nitrogen and oxygen atoms in total. The summed E-state index contributed by atoms with van der Waals surface area (Å²) in [4.78, 5) is 12.4. The molecule has 1 N–H and O–H groups in total. The number of nitrogens with one attached hydrogen (secondary N) is 1. The third-order valence-electron chi connectivity index (χ3n) is 1.28. The standard InChI is InChI=1S/C8H14N4/c1-5(2)9-8-11-6(3)10-7(4)12-8/h5H,1-4H3,(H,9,10,11,12). The van der Waals surface area contributed by atoms with Gasteiger partial charge < -0.3 is 5.32 Å². The van der Waals surface area contributed by atoms with Crippen LogP contribution in [0.3, 0.4) is 0 Å². The van der Waals surface area contributed by atoms with Crippen LogP contribution in [-0.4, -0.2) is 21.0 Å². The minimum Gasteiger partial charge on any atom is -0.352 e. The van der Waals surface area contributed by atoms with E-state index in [1.807, 2.05) is 13.8 Å². The average molecular weight is 166 g/mol.